The Hall–Kier alpha value is -2.44. The molecule has 2 nitrogen and oxygen atoms in total. The van der Waals surface area contributed by atoms with Crippen LogP contribution in [-0.2, 0) is 15.3 Å². The Morgan fingerprint density at radius 3 is 1.30 bits per heavy atom. The molecule has 0 amide bonds. The van der Waals surface area contributed by atoms with Gasteiger partial charge >= 0.3 is 252 Å². The van der Waals surface area contributed by atoms with Gasteiger partial charge < -0.3 is 0 Å². The molecule has 1 atom stereocenters. The number of rotatable bonds is 9. The number of halogens is 1. The Labute approximate surface area is 251 Å². The molecule has 0 saturated carbocycles. The molecule has 4 rings (SSSR count). The Morgan fingerprint density at radius 1 is 0.600 bits per heavy atom. The molecule has 0 N–H and O–H groups in total. The van der Waals surface area contributed by atoms with Crippen molar-refractivity contribution >= 4 is 9.53 Å². The predicted molar refractivity (Wildman–Crippen MR) is 170 cm³/mol. The van der Waals surface area contributed by atoms with E-state index in [1.165, 1.54) is 43.1 Å². The van der Waals surface area contributed by atoms with Crippen molar-refractivity contribution in [3.8, 4) is 11.4 Å². The Morgan fingerprint density at radius 2 is 0.975 bits per heavy atom. The Balaban J connectivity index is 2.23. The number of imidazole rings is 1. The number of benzene rings is 3. The fourth-order valence-corrected chi connectivity index (χ4v) is 9.70. The summed E-state index contributed by atoms with van der Waals surface area (Å²) in [6.07, 6.45) is 6.57. The van der Waals surface area contributed by atoms with Gasteiger partial charge in [-0.25, -0.2) is 0 Å². The number of allylic oxidation sites excluding steroid dienone is 1. The molecule has 216 valence electrons. The van der Waals surface area contributed by atoms with Crippen LogP contribution in [0.25, 0.3) is 11.4 Å². The fourth-order valence-electron chi connectivity index (χ4n) is 5.42. The summed E-state index contributed by atoms with van der Waals surface area (Å²) in [7, 11) is 7.79. The first kappa shape index (κ1) is 30.5. The van der Waals surface area contributed by atoms with Crippen LogP contribution in [0.2, 0.25) is 0 Å². The third kappa shape index (κ3) is 5.94. The number of hydrogen-bond donors (Lipinski definition) is 0. The molecule has 0 radical (unpaired) electrons. The summed E-state index contributed by atoms with van der Waals surface area (Å²) in [4.78, 5) is 0. The molecule has 40 heavy (non-hydrogen) atoms. The van der Waals surface area contributed by atoms with Crippen LogP contribution in [0.4, 0.5) is 0 Å². The third-order valence-corrected chi connectivity index (χ3v) is 12.2. The molecule has 3 aromatic carbocycles. The van der Waals surface area contributed by atoms with Gasteiger partial charge in [0.2, 0.25) is 0 Å². The van der Waals surface area contributed by atoms with Crippen molar-refractivity contribution in [3.05, 3.63) is 123 Å². The van der Waals surface area contributed by atoms with Gasteiger partial charge in [0.1, 0.15) is 0 Å². The van der Waals surface area contributed by atoms with E-state index in [0.717, 1.165) is 0 Å². The molecular weight excluding hydrogens is 602 g/mol. The molecule has 0 fully saturated rings. The molecule has 0 saturated heterocycles. The standard InChI is InChI=1S/C27H36N2.C9H9.ClH.Pd/c1-18(2)22-11-9-12-23(19(3)4)26(22)28-15-16-29(17-28)27-24(20(5)6)13-10-14-25(27)21(7)8;1-2-6-9-7-4-3-5-8-9;;/h9-16,18-21H,1-8H3;2-8H,1H2;1H;/q;;;+1/p-1. The zero-order valence-electron chi connectivity index (χ0n) is 25.3. The van der Waals surface area contributed by atoms with Crippen LogP contribution in [0.15, 0.2) is 91.8 Å². The van der Waals surface area contributed by atoms with Gasteiger partial charge in [-0.2, -0.15) is 0 Å². The Kier molecular flexibility index (Phi) is 9.94. The average Bonchev–Trinajstić information content (AvgIpc) is 3.37. The second-order valence-electron chi connectivity index (χ2n) is 11.7. The van der Waals surface area contributed by atoms with Crippen LogP contribution in [0.3, 0.4) is 0 Å². The minimum absolute atomic E-state index is 0.0520. The number of nitrogens with zero attached hydrogens (tertiary/aromatic N) is 2. The number of aromatic nitrogens is 2. The van der Waals surface area contributed by atoms with Crippen molar-refractivity contribution in [2.45, 2.75) is 83.5 Å². The monoisotopic (exact) mass is 646 g/mol. The maximum atomic E-state index is 7.79. The summed E-state index contributed by atoms with van der Waals surface area (Å²) in [6, 6.07) is 24.2. The fraction of sp³-hybridized carbons (Fsp3) is 0.361. The van der Waals surface area contributed by atoms with E-state index < -0.39 is 15.3 Å². The van der Waals surface area contributed by atoms with E-state index in [9.17, 15) is 0 Å². The molecule has 4 aromatic rings. The minimum atomic E-state index is -1.90. The van der Waals surface area contributed by atoms with Gasteiger partial charge in [0.05, 0.1) is 0 Å². The van der Waals surface area contributed by atoms with E-state index in [2.05, 4.69) is 156 Å². The summed E-state index contributed by atoms with van der Waals surface area (Å²) in [5, 5.41) is 0. The molecular formula is C36H45ClN2Pd. The first-order valence-corrected chi connectivity index (χ1v) is 18.1. The predicted octanol–water partition coefficient (Wildman–Crippen LogP) is 11.0. The second kappa shape index (κ2) is 13.0. The van der Waals surface area contributed by atoms with Gasteiger partial charge in [0, 0.05) is 0 Å². The normalized spacial score (nSPS) is 13.0. The molecule has 0 spiro atoms. The number of para-hydroxylation sites is 2. The van der Waals surface area contributed by atoms with Crippen LogP contribution < -0.4 is 0 Å². The van der Waals surface area contributed by atoms with Gasteiger partial charge in [-0.15, -0.1) is 0 Å². The molecule has 0 aliphatic heterocycles. The summed E-state index contributed by atoms with van der Waals surface area (Å²) in [5.41, 5.74) is 9.16. The van der Waals surface area contributed by atoms with Crippen molar-refractivity contribution in [2.75, 3.05) is 0 Å². The van der Waals surface area contributed by atoms with Crippen LogP contribution in [0.5, 0.6) is 0 Å². The van der Waals surface area contributed by atoms with E-state index in [-0.39, 0.29) is 4.39 Å². The summed E-state index contributed by atoms with van der Waals surface area (Å²) in [5.74, 6) is 1.51. The van der Waals surface area contributed by atoms with E-state index in [1.807, 2.05) is 0 Å². The van der Waals surface area contributed by atoms with Gasteiger partial charge in [-0.05, 0) is 0 Å². The summed E-state index contributed by atoms with van der Waals surface area (Å²) in [6.45, 7) is 22.6. The van der Waals surface area contributed by atoms with Crippen LogP contribution in [-0.4, -0.2) is 9.13 Å². The Bertz CT molecular complexity index is 1400. The number of hydrogen-bond acceptors (Lipinski definition) is 0. The van der Waals surface area contributed by atoms with Crippen molar-refractivity contribution < 1.29 is 15.3 Å². The van der Waals surface area contributed by atoms with Crippen LogP contribution >= 0.6 is 9.53 Å². The zero-order chi connectivity index (χ0) is 29.1. The molecule has 1 aromatic heterocycles. The van der Waals surface area contributed by atoms with Crippen molar-refractivity contribution in [3.63, 3.8) is 0 Å². The van der Waals surface area contributed by atoms with Crippen LogP contribution in [0.1, 0.15) is 111 Å². The van der Waals surface area contributed by atoms with E-state index >= 15 is 0 Å². The molecule has 1 unspecified atom stereocenters. The zero-order valence-corrected chi connectivity index (χ0v) is 27.6. The quantitative estimate of drug-likeness (QED) is 0.126. The van der Waals surface area contributed by atoms with E-state index in [0.29, 0.717) is 23.7 Å². The topological polar surface area (TPSA) is 9.86 Å². The maximum absolute atomic E-state index is 7.79. The molecule has 4 heteroatoms. The SMILES string of the molecule is C=C[CH](c1ccccc1)[Pd]([Cl])=[c]1n(-c2c(C(C)C)cccc2C(C)C)ccn1-c1c(C(C)C)cccc1C(C)C. The van der Waals surface area contributed by atoms with Crippen molar-refractivity contribution in [1.29, 1.82) is 0 Å². The average molecular weight is 648 g/mol. The second-order valence-corrected chi connectivity index (χ2v) is 16.0. The van der Waals surface area contributed by atoms with Crippen LogP contribution in [0, 0.1) is 3.89 Å². The third-order valence-electron chi connectivity index (χ3n) is 7.50. The van der Waals surface area contributed by atoms with E-state index in [1.54, 1.807) is 0 Å². The summed E-state index contributed by atoms with van der Waals surface area (Å²) < 4.78 is 6.08. The first-order chi connectivity index (χ1) is 19.1. The van der Waals surface area contributed by atoms with Crippen molar-refractivity contribution in [2.24, 2.45) is 0 Å². The van der Waals surface area contributed by atoms with Crippen molar-refractivity contribution in [1.82, 2.24) is 9.13 Å². The molecule has 0 bridgehead atoms. The summed E-state index contributed by atoms with van der Waals surface area (Å²) >= 11 is -1.90. The van der Waals surface area contributed by atoms with Gasteiger partial charge in [0.15, 0.2) is 0 Å². The molecule has 0 aliphatic carbocycles. The first-order valence-electron chi connectivity index (χ1n) is 14.4. The van der Waals surface area contributed by atoms with Gasteiger partial charge in [-0.1, -0.05) is 0 Å². The molecule has 1 heterocycles. The molecule has 0 aliphatic rings. The van der Waals surface area contributed by atoms with E-state index in [4.69, 9.17) is 9.53 Å². The van der Waals surface area contributed by atoms with Gasteiger partial charge in [0.25, 0.3) is 0 Å². The van der Waals surface area contributed by atoms with Gasteiger partial charge in [-0.3, -0.25) is 0 Å².